The molecule has 3 rings (SSSR count). The number of carbonyl (C=O) groups excluding carboxylic acids is 2. The van der Waals surface area contributed by atoms with Gasteiger partial charge in [-0.1, -0.05) is 40.9 Å². The summed E-state index contributed by atoms with van der Waals surface area (Å²) in [6.45, 7) is 2.30. The number of nitrogens with one attached hydrogen (secondary N) is 1. The Labute approximate surface area is 172 Å². The van der Waals surface area contributed by atoms with Crippen LogP contribution in [0.25, 0.3) is 0 Å². The number of anilines is 1. The lowest BCUT2D eigenvalue weighted by Crippen LogP contribution is -2.51. The molecule has 27 heavy (non-hydrogen) atoms. The Hall–Kier alpha value is -2.02. The number of rotatable bonds is 4. The molecule has 1 saturated heterocycles. The molecule has 1 N–H and O–H groups in total. The summed E-state index contributed by atoms with van der Waals surface area (Å²) in [4.78, 5) is 32.6. The molecule has 2 aromatic rings. The molecular weight excluding hydrogens is 411 g/mol. The van der Waals surface area contributed by atoms with Crippen LogP contribution in [0.2, 0.25) is 15.2 Å². The smallest absolute Gasteiger partial charge is 0.253 e. The van der Waals surface area contributed by atoms with Crippen molar-refractivity contribution in [2.24, 2.45) is 0 Å². The Morgan fingerprint density at radius 3 is 2.44 bits per heavy atom. The number of halogens is 3. The summed E-state index contributed by atoms with van der Waals surface area (Å²) in [7, 11) is 0. The third-order valence-corrected chi connectivity index (χ3v) is 4.99. The second-order valence-corrected chi connectivity index (χ2v) is 7.22. The maximum Gasteiger partial charge on any atom is 0.253 e. The predicted molar refractivity (Wildman–Crippen MR) is 107 cm³/mol. The van der Waals surface area contributed by atoms with Crippen LogP contribution in [0.1, 0.15) is 10.4 Å². The molecule has 0 aliphatic carbocycles. The number of piperazine rings is 1. The van der Waals surface area contributed by atoms with E-state index < -0.39 is 5.91 Å². The number of benzene rings is 1. The van der Waals surface area contributed by atoms with E-state index in [0.717, 1.165) is 5.82 Å². The van der Waals surface area contributed by atoms with E-state index in [1.807, 2.05) is 12.1 Å². The monoisotopic (exact) mass is 426 g/mol. The van der Waals surface area contributed by atoms with E-state index in [-0.39, 0.29) is 23.0 Å². The van der Waals surface area contributed by atoms with Gasteiger partial charge in [-0.2, -0.15) is 0 Å². The Morgan fingerprint density at radius 1 is 1.04 bits per heavy atom. The molecule has 0 bridgehead atoms. The fourth-order valence-corrected chi connectivity index (χ4v) is 3.45. The number of hydrogen-bond donors (Lipinski definition) is 1. The SMILES string of the molecule is O=C(NCC(=O)N1CCN(c2cccc(Cl)n2)CC1)c1ccc(Cl)cc1Cl. The van der Waals surface area contributed by atoms with Gasteiger partial charge in [0.15, 0.2) is 0 Å². The van der Waals surface area contributed by atoms with Crippen molar-refractivity contribution in [3.05, 3.63) is 57.2 Å². The molecule has 1 aromatic heterocycles. The Morgan fingerprint density at radius 2 is 1.78 bits per heavy atom. The molecule has 142 valence electrons. The predicted octanol–water partition coefficient (Wildman–Crippen LogP) is 3.12. The topological polar surface area (TPSA) is 65.5 Å². The van der Waals surface area contributed by atoms with Crippen molar-refractivity contribution in [1.82, 2.24) is 15.2 Å². The average Bonchev–Trinajstić information content (AvgIpc) is 2.66. The van der Waals surface area contributed by atoms with Crippen LogP contribution in [-0.4, -0.2) is 54.4 Å². The highest BCUT2D eigenvalue weighted by Crippen LogP contribution is 2.21. The first-order chi connectivity index (χ1) is 12.9. The van der Waals surface area contributed by atoms with Crippen LogP contribution in [0, 0.1) is 0 Å². The fraction of sp³-hybridized carbons (Fsp3) is 0.278. The minimum absolute atomic E-state index is 0.0901. The molecule has 0 spiro atoms. The molecule has 1 aliphatic rings. The van der Waals surface area contributed by atoms with Crippen molar-refractivity contribution < 1.29 is 9.59 Å². The van der Waals surface area contributed by atoms with Crippen LogP contribution in [-0.2, 0) is 4.79 Å². The van der Waals surface area contributed by atoms with Crippen LogP contribution in [0.4, 0.5) is 5.82 Å². The number of pyridine rings is 1. The van der Waals surface area contributed by atoms with Gasteiger partial charge in [-0.25, -0.2) is 4.98 Å². The van der Waals surface area contributed by atoms with Gasteiger partial charge in [-0.3, -0.25) is 9.59 Å². The quantitative estimate of drug-likeness (QED) is 0.762. The molecule has 9 heteroatoms. The van der Waals surface area contributed by atoms with Crippen molar-refractivity contribution in [1.29, 1.82) is 0 Å². The van der Waals surface area contributed by atoms with Gasteiger partial charge in [-0.15, -0.1) is 0 Å². The Balaban J connectivity index is 1.50. The highest BCUT2D eigenvalue weighted by molar-refractivity contribution is 6.36. The van der Waals surface area contributed by atoms with Gasteiger partial charge >= 0.3 is 0 Å². The lowest BCUT2D eigenvalue weighted by Gasteiger charge is -2.35. The first-order valence-electron chi connectivity index (χ1n) is 8.32. The Kier molecular flexibility index (Phi) is 6.42. The normalized spacial score (nSPS) is 14.2. The van der Waals surface area contributed by atoms with E-state index in [2.05, 4.69) is 15.2 Å². The van der Waals surface area contributed by atoms with Crippen LogP contribution in [0.3, 0.4) is 0 Å². The number of carbonyl (C=O) groups is 2. The Bertz CT molecular complexity index is 854. The van der Waals surface area contributed by atoms with Crippen molar-refractivity contribution in [3.8, 4) is 0 Å². The summed E-state index contributed by atoms with van der Waals surface area (Å²) in [6.07, 6.45) is 0. The molecule has 6 nitrogen and oxygen atoms in total. The zero-order valence-corrected chi connectivity index (χ0v) is 16.6. The van der Waals surface area contributed by atoms with E-state index in [1.54, 1.807) is 17.0 Å². The molecular formula is C18H17Cl3N4O2. The number of hydrogen-bond acceptors (Lipinski definition) is 4. The van der Waals surface area contributed by atoms with Gasteiger partial charge in [-0.05, 0) is 30.3 Å². The number of amides is 2. The van der Waals surface area contributed by atoms with Gasteiger partial charge < -0.3 is 15.1 Å². The average molecular weight is 428 g/mol. The summed E-state index contributed by atoms with van der Waals surface area (Å²) in [5.74, 6) is 0.235. The zero-order chi connectivity index (χ0) is 19.4. The van der Waals surface area contributed by atoms with Crippen LogP contribution >= 0.6 is 34.8 Å². The molecule has 0 atom stereocenters. The molecule has 1 fully saturated rings. The third kappa shape index (κ3) is 5.03. The first kappa shape index (κ1) is 19.7. The minimum Gasteiger partial charge on any atom is -0.353 e. The summed E-state index contributed by atoms with van der Waals surface area (Å²) >= 11 is 17.8. The van der Waals surface area contributed by atoms with E-state index >= 15 is 0 Å². The molecule has 1 aromatic carbocycles. The van der Waals surface area contributed by atoms with Crippen molar-refractivity contribution in [2.75, 3.05) is 37.6 Å². The minimum atomic E-state index is -0.410. The number of aromatic nitrogens is 1. The molecule has 1 aliphatic heterocycles. The lowest BCUT2D eigenvalue weighted by atomic mass is 10.2. The van der Waals surface area contributed by atoms with Crippen LogP contribution in [0.5, 0.6) is 0 Å². The van der Waals surface area contributed by atoms with E-state index in [4.69, 9.17) is 34.8 Å². The van der Waals surface area contributed by atoms with E-state index in [0.29, 0.717) is 36.4 Å². The summed E-state index contributed by atoms with van der Waals surface area (Å²) < 4.78 is 0. The lowest BCUT2D eigenvalue weighted by molar-refractivity contribution is -0.130. The van der Waals surface area contributed by atoms with Gasteiger partial charge in [0.25, 0.3) is 5.91 Å². The second-order valence-electron chi connectivity index (χ2n) is 5.99. The van der Waals surface area contributed by atoms with Gasteiger partial charge in [0.1, 0.15) is 11.0 Å². The van der Waals surface area contributed by atoms with Crippen LogP contribution < -0.4 is 10.2 Å². The third-order valence-electron chi connectivity index (χ3n) is 4.23. The molecule has 0 unspecified atom stereocenters. The van der Waals surface area contributed by atoms with Crippen molar-refractivity contribution in [3.63, 3.8) is 0 Å². The molecule has 0 saturated carbocycles. The highest BCUT2D eigenvalue weighted by Gasteiger charge is 2.22. The zero-order valence-electron chi connectivity index (χ0n) is 14.3. The van der Waals surface area contributed by atoms with Crippen molar-refractivity contribution in [2.45, 2.75) is 0 Å². The van der Waals surface area contributed by atoms with E-state index in [1.165, 1.54) is 12.1 Å². The maximum atomic E-state index is 12.4. The summed E-state index contributed by atoms with van der Waals surface area (Å²) in [5.41, 5.74) is 0.283. The largest absolute Gasteiger partial charge is 0.353 e. The summed E-state index contributed by atoms with van der Waals surface area (Å²) in [5, 5.41) is 3.73. The van der Waals surface area contributed by atoms with Gasteiger partial charge in [0.05, 0.1) is 17.1 Å². The second kappa shape index (κ2) is 8.78. The van der Waals surface area contributed by atoms with E-state index in [9.17, 15) is 9.59 Å². The molecule has 2 heterocycles. The van der Waals surface area contributed by atoms with Gasteiger partial charge in [0.2, 0.25) is 5.91 Å². The molecule has 2 amide bonds. The van der Waals surface area contributed by atoms with Crippen molar-refractivity contribution >= 4 is 52.4 Å². The maximum absolute atomic E-state index is 12.4. The summed E-state index contributed by atoms with van der Waals surface area (Å²) in [6, 6.07) is 10.1. The van der Waals surface area contributed by atoms with Gasteiger partial charge in [0, 0.05) is 31.2 Å². The first-order valence-corrected chi connectivity index (χ1v) is 9.46. The highest BCUT2D eigenvalue weighted by atomic mass is 35.5. The molecule has 0 radical (unpaired) electrons. The standard InChI is InChI=1S/C18H17Cl3N4O2/c19-12-4-5-13(14(20)10-12)18(27)22-11-17(26)25-8-6-24(7-9-25)16-3-1-2-15(21)23-16/h1-5,10H,6-9,11H2,(H,22,27). The number of nitrogens with zero attached hydrogens (tertiary/aromatic N) is 3. The fourth-order valence-electron chi connectivity index (χ4n) is 2.80. The van der Waals surface area contributed by atoms with Crippen LogP contribution in [0.15, 0.2) is 36.4 Å².